The molecule has 0 saturated heterocycles. The van der Waals surface area contributed by atoms with Gasteiger partial charge in [0.05, 0.1) is 7.11 Å². The van der Waals surface area contributed by atoms with Crippen LogP contribution in [0.2, 0.25) is 0 Å². The van der Waals surface area contributed by atoms with E-state index in [1.807, 2.05) is 30.4 Å². The Hall–Kier alpha value is -2.47. The molecule has 0 atom stereocenters. The molecule has 0 fully saturated rings. The highest BCUT2D eigenvalue weighted by molar-refractivity contribution is 5.78. The number of ketones is 1. The highest BCUT2D eigenvalue weighted by Gasteiger charge is 2.06. The lowest BCUT2D eigenvalue weighted by atomic mass is 10.0. The molecular formula is C20H22O3. The van der Waals surface area contributed by atoms with Gasteiger partial charge in [0, 0.05) is 18.9 Å². The average Bonchev–Trinajstić information content (AvgIpc) is 2.58. The predicted molar refractivity (Wildman–Crippen MR) is 90.7 cm³/mol. The maximum Gasteiger partial charge on any atom is 0.133 e. The molecule has 0 spiro atoms. The van der Waals surface area contributed by atoms with E-state index >= 15 is 0 Å². The average molecular weight is 310 g/mol. The van der Waals surface area contributed by atoms with Crippen molar-refractivity contribution in [2.45, 2.75) is 38.5 Å². The third-order valence-corrected chi connectivity index (χ3v) is 3.86. The summed E-state index contributed by atoms with van der Waals surface area (Å²) in [5, 5.41) is 9.89. The number of hydrogen-bond acceptors (Lipinski definition) is 3. The zero-order valence-corrected chi connectivity index (χ0v) is 13.5. The molecule has 0 bridgehead atoms. The molecule has 1 aromatic rings. The lowest BCUT2D eigenvalue weighted by Gasteiger charge is -2.07. The number of Topliss-reactive ketones (excluding diaryl/α,β-unsaturated/α-hetero) is 1. The van der Waals surface area contributed by atoms with Gasteiger partial charge in [-0.2, -0.15) is 0 Å². The molecule has 1 N–H and O–H groups in total. The molecule has 3 heteroatoms. The van der Waals surface area contributed by atoms with Gasteiger partial charge in [0.2, 0.25) is 0 Å². The predicted octanol–water partition coefficient (Wildman–Crippen LogP) is 4.27. The van der Waals surface area contributed by atoms with Gasteiger partial charge in [0.25, 0.3) is 0 Å². The first-order valence-electron chi connectivity index (χ1n) is 7.93. The SMILES string of the molecule is COc1ccc(CCCCC(=O)CCC2=CC=C=C=C2)c(O)c1. The number of allylic oxidation sites excluding steroid dienone is 4. The molecule has 0 radical (unpaired) electrons. The van der Waals surface area contributed by atoms with Crippen molar-refractivity contribution in [1.82, 2.24) is 0 Å². The van der Waals surface area contributed by atoms with Gasteiger partial charge < -0.3 is 9.84 Å². The van der Waals surface area contributed by atoms with Crippen molar-refractivity contribution in [3.63, 3.8) is 0 Å². The fourth-order valence-electron chi connectivity index (χ4n) is 2.46. The number of methoxy groups -OCH3 is 1. The van der Waals surface area contributed by atoms with Crippen LogP contribution < -0.4 is 4.74 Å². The molecule has 3 nitrogen and oxygen atoms in total. The number of ether oxygens (including phenoxy) is 1. The van der Waals surface area contributed by atoms with Crippen LogP contribution in [-0.4, -0.2) is 18.0 Å². The summed E-state index contributed by atoms with van der Waals surface area (Å²) in [5.41, 5.74) is 7.77. The van der Waals surface area contributed by atoms with E-state index in [9.17, 15) is 9.90 Å². The lowest BCUT2D eigenvalue weighted by Crippen LogP contribution is -1.99. The van der Waals surface area contributed by atoms with Crippen molar-refractivity contribution in [2.75, 3.05) is 7.11 Å². The number of phenols is 1. The second-order valence-electron chi connectivity index (χ2n) is 5.58. The first kappa shape index (κ1) is 16.9. The van der Waals surface area contributed by atoms with E-state index in [4.69, 9.17) is 4.74 Å². The van der Waals surface area contributed by atoms with Crippen LogP contribution in [0.15, 0.2) is 53.5 Å². The number of benzene rings is 1. The molecule has 0 saturated carbocycles. The van der Waals surface area contributed by atoms with Crippen molar-refractivity contribution >= 4 is 5.78 Å². The smallest absolute Gasteiger partial charge is 0.133 e. The van der Waals surface area contributed by atoms with Crippen LogP contribution in [0.4, 0.5) is 0 Å². The summed E-state index contributed by atoms with van der Waals surface area (Å²) in [6.45, 7) is 0. The topological polar surface area (TPSA) is 46.5 Å². The summed E-state index contributed by atoms with van der Waals surface area (Å²) in [6.07, 6.45) is 10.1. The van der Waals surface area contributed by atoms with Gasteiger partial charge >= 0.3 is 0 Å². The largest absolute Gasteiger partial charge is 0.508 e. The number of carbonyl (C=O) groups excluding carboxylic acids is 1. The minimum Gasteiger partial charge on any atom is -0.508 e. The molecule has 0 amide bonds. The molecule has 1 aliphatic carbocycles. The Morgan fingerprint density at radius 2 is 2.04 bits per heavy atom. The van der Waals surface area contributed by atoms with Crippen molar-refractivity contribution in [3.8, 4) is 11.5 Å². The van der Waals surface area contributed by atoms with Crippen LogP contribution >= 0.6 is 0 Å². The molecule has 1 aromatic carbocycles. The van der Waals surface area contributed by atoms with E-state index in [1.165, 1.54) is 0 Å². The van der Waals surface area contributed by atoms with Gasteiger partial charge in [-0.25, -0.2) is 0 Å². The summed E-state index contributed by atoms with van der Waals surface area (Å²) in [5.74, 6) is 1.20. The van der Waals surface area contributed by atoms with E-state index in [-0.39, 0.29) is 11.5 Å². The van der Waals surface area contributed by atoms with Gasteiger partial charge in [0.1, 0.15) is 17.3 Å². The minimum atomic E-state index is 0.257. The summed E-state index contributed by atoms with van der Waals surface area (Å²) in [6, 6.07) is 5.34. The minimum absolute atomic E-state index is 0.257. The molecule has 23 heavy (non-hydrogen) atoms. The van der Waals surface area contributed by atoms with Gasteiger partial charge in [-0.05, 0) is 61.1 Å². The molecular weight excluding hydrogens is 288 g/mol. The number of rotatable bonds is 9. The second kappa shape index (κ2) is 8.85. The van der Waals surface area contributed by atoms with Crippen LogP contribution in [0.5, 0.6) is 11.5 Å². The van der Waals surface area contributed by atoms with E-state index in [0.29, 0.717) is 18.6 Å². The Balaban J connectivity index is 1.65. The van der Waals surface area contributed by atoms with Crippen molar-refractivity contribution in [3.05, 3.63) is 59.0 Å². The number of aryl methyl sites for hydroxylation is 1. The lowest BCUT2D eigenvalue weighted by molar-refractivity contribution is -0.119. The van der Waals surface area contributed by atoms with Crippen molar-refractivity contribution < 1.29 is 14.6 Å². The number of aromatic hydroxyl groups is 1. The van der Waals surface area contributed by atoms with E-state index in [1.54, 1.807) is 13.2 Å². The first-order valence-corrected chi connectivity index (χ1v) is 7.93. The molecule has 120 valence electrons. The second-order valence-corrected chi connectivity index (χ2v) is 5.58. The number of phenolic OH excluding ortho intramolecular Hbond substituents is 1. The maximum absolute atomic E-state index is 11.9. The third kappa shape index (κ3) is 5.67. The van der Waals surface area contributed by atoms with Gasteiger partial charge in [0.15, 0.2) is 0 Å². The van der Waals surface area contributed by atoms with Crippen molar-refractivity contribution in [2.24, 2.45) is 0 Å². The Bertz CT molecular complexity index is 685. The zero-order valence-electron chi connectivity index (χ0n) is 13.5. The van der Waals surface area contributed by atoms with Crippen LogP contribution in [-0.2, 0) is 11.2 Å². The van der Waals surface area contributed by atoms with Gasteiger partial charge in [-0.15, -0.1) is 0 Å². The number of unbranched alkanes of at least 4 members (excludes halogenated alkanes) is 1. The van der Waals surface area contributed by atoms with Crippen LogP contribution in [0.1, 0.15) is 37.7 Å². The Morgan fingerprint density at radius 1 is 1.17 bits per heavy atom. The van der Waals surface area contributed by atoms with Gasteiger partial charge in [-0.3, -0.25) is 4.79 Å². The molecule has 0 heterocycles. The maximum atomic E-state index is 11.9. The fraction of sp³-hybridized carbons (Fsp3) is 0.350. The molecule has 0 aliphatic heterocycles. The Labute approximate surface area is 137 Å². The van der Waals surface area contributed by atoms with Crippen LogP contribution in [0.25, 0.3) is 0 Å². The van der Waals surface area contributed by atoms with Crippen molar-refractivity contribution in [1.29, 1.82) is 0 Å². The Kier molecular flexibility index (Phi) is 6.50. The summed E-state index contributed by atoms with van der Waals surface area (Å²) in [4.78, 5) is 11.9. The summed E-state index contributed by atoms with van der Waals surface area (Å²) >= 11 is 0. The normalized spacial score (nSPS) is 12.3. The fourth-order valence-corrected chi connectivity index (χ4v) is 2.46. The third-order valence-electron chi connectivity index (χ3n) is 3.86. The molecule has 1 aliphatic rings. The van der Waals surface area contributed by atoms with Crippen LogP contribution in [0, 0.1) is 0 Å². The highest BCUT2D eigenvalue weighted by atomic mass is 16.5. The monoisotopic (exact) mass is 310 g/mol. The van der Waals surface area contributed by atoms with E-state index < -0.39 is 0 Å². The summed E-state index contributed by atoms with van der Waals surface area (Å²) < 4.78 is 5.06. The summed E-state index contributed by atoms with van der Waals surface area (Å²) in [7, 11) is 1.58. The molecule has 2 rings (SSSR count). The number of hydrogen-bond donors (Lipinski definition) is 1. The van der Waals surface area contributed by atoms with Crippen LogP contribution in [0.3, 0.4) is 0 Å². The quantitative estimate of drug-likeness (QED) is 0.547. The van der Waals surface area contributed by atoms with Gasteiger partial charge in [-0.1, -0.05) is 17.5 Å². The standard InChI is InChI=1S/C20H22O3/c1-23-19-14-12-17(20(22)15-19)9-5-6-10-18(21)13-11-16-7-3-2-4-8-16/h3,7-8,12,14-15,22H,5-6,9-11,13H2,1H3. The first-order chi connectivity index (χ1) is 11.2. The zero-order chi connectivity index (χ0) is 16.5. The molecule has 0 aromatic heterocycles. The number of carbonyl (C=O) groups is 1. The van der Waals surface area contributed by atoms with E-state index in [0.717, 1.165) is 36.8 Å². The Morgan fingerprint density at radius 3 is 2.74 bits per heavy atom. The molecule has 0 unspecified atom stereocenters. The highest BCUT2D eigenvalue weighted by Crippen LogP contribution is 2.25. The van der Waals surface area contributed by atoms with E-state index in [2.05, 4.69) is 11.5 Å².